The Morgan fingerprint density at radius 3 is 2.36 bits per heavy atom. The largest absolute Gasteiger partial charge is 0.401 e. The summed E-state index contributed by atoms with van der Waals surface area (Å²) in [6.07, 6.45) is 2.75. The highest BCUT2D eigenvalue weighted by Crippen LogP contribution is 2.06. The zero-order chi connectivity index (χ0) is 8.85. The van der Waals surface area contributed by atoms with Crippen molar-refractivity contribution < 1.29 is 4.79 Å². The van der Waals surface area contributed by atoms with Crippen LogP contribution < -0.4 is 11.5 Å². The molecule has 0 spiro atoms. The van der Waals surface area contributed by atoms with E-state index in [0.717, 1.165) is 0 Å². The highest BCUT2D eigenvalue weighted by Gasteiger charge is 2.05. The molecule has 11 heavy (non-hydrogen) atoms. The fraction of sp³-hybridized carbons (Fsp3) is 0.375. The lowest BCUT2D eigenvalue weighted by Gasteiger charge is -2.03. The molecule has 0 fully saturated rings. The van der Waals surface area contributed by atoms with Crippen molar-refractivity contribution in [2.45, 2.75) is 19.8 Å². The number of nitrogens with two attached hydrogens (primary N) is 2. The molecule has 0 radical (unpaired) electrons. The van der Waals surface area contributed by atoms with E-state index >= 15 is 0 Å². The number of carbonyl (C=O) groups excluding carboxylic acids is 1. The van der Waals surface area contributed by atoms with Gasteiger partial charge in [-0.05, 0) is 6.42 Å². The summed E-state index contributed by atoms with van der Waals surface area (Å²) in [6.45, 7) is 5.35. The van der Waals surface area contributed by atoms with Gasteiger partial charge < -0.3 is 11.5 Å². The molecule has 0 unspecified atom stereocenters. The minimum Gasteiger partial charge on any atom is -0.401 e. The van der Waals surface area contributed by atoms with E-state index in [0.29, 0.717) is 24.1 Å². The average molecular weight is 154 g/mol. The lowest BCUT2D eigenvalue weighted by atomic mass is 10.1. The molecule has 0 rings (SSSR count). The number of rotatable bonds is 4. The molecule has 0 bridgehead atoms. The van der Waals surface area contributed by atoms with Crippen LogP contribution in [0.1, 0.15) is 19.8 Å². The topological polar surface area (TPSA) is 69.1 Å². The van der Waals surface area contributed by atoms with Crippen LogP contribution in [0.25, 0.3) is 0 Å². The van der Waals surface area contributed by atoms with Gasteiger partial charge in [0.05, 0.1) is 0 Å². The predicted molar refractivity (Wildman–Crippen MR) is 45.5 cm³/mol. The molecule has 0 saturated carbocycles. The Morgan fingerprint density at radius 1 is 1.55 bits per heavy atom. The maximum atomic E-state index is 10.7. The zero-order valence-corrected chi connectivity index (χ0v) is 6.76. The zero-order valence-electron chi connectivity index (χ0n) is 6.76. The summed E-state index contributed by atoms with van der Waals surface area (Å²) in [7, 11) is 0. The van der Waals surface area contributed by atoms with E-state index in [-0.39, 0.29) is 0 Å². The van der Waals surface area contributed by atoms with Gasteiger partial charge in [-0.1, -0.05) is 13.0 Å². The van der Waals surface area contributed by atoms with Gasteiger partial charge >= 0.3 is 0 Å². The summed E-state index contributed by atoms with van der Waals surface area (Å²) in [5.74, 6) is -0.438. The molecule has 0 aliphatic rings. The molecule has 3 heteroatoms. The van der Waals surface area contributed by atoms with Crippen molar-refractivity contribution in [2.75, 3.05) is 0 Å². The van der Waals surface area contributed by atoms with E-state index in [1.165, 1.54) is 0 Å². The minimum atomic E-state index is -0.438. The molecule has 3 nitrogen and oxygen atoms in total. The summed E-state index contributed by atoms with van der Waals surface area (Å²) < 4.78 is 0. The van der Waals surface area contributed by atoms with Crippen LogP contribution in [0, 0.1) is 0 Å². The monoisotopic (exact) mass is 154 g/mol. The van der Waals surface area contributed by atoms with Crippen LogP contribution in [0.2, 0.25) is 0 Å². The van der Waals surface area contributed by atoms with Crippen LogP contribution in [0.3, 0.4) is 0 Å². The van der Waals surface area contributed by atoms with Crippen molar-refractivity contribution >= 4 is 5.91 Å². The van der Waals surface area contributed by atoms with Gasteiger partial charge in [0.2, 0.25) is 5.91 Å². The fourth-order valence-electron chi connectivity index (χ4n) is 0.838. The number of carbonyl (C=O) groups is 1. The van der Waals surface area contributed by atoms with E-state index in [1.807, 2.05) is 6.92 Å². The number of primary amides is 1. The maximum absolute atomic E-state index is 10.7. The lowest BCUT2D eigenvalue weighted by Crippen LogP contribution is -2.18. The normalized spacial score (nSPS) is 12.1. The number of amides is 1. The number of hydrogen-bond donors (Lipinski definition) is 2. The number of hydrogen-bond acceptors (Lipinski definition) is 2. The third kappa shape index (κ3) is 2.89. The van der Waals surface area contributed by atoms with Gasteiger partial charge in [-0.3, -0.25) is 4.79 Å². The van der Waals surface area contributed by atoms with E-state index in [9.17, 15) is 4.79 Å². The predicted octanol–water partition coefficient (Wildman–Crippen LogP) is 0.671. The summed E-state index contributed by atoms with van der Waals surface area (Å²) >= 11 is 0. The average Bonchev–Trinajstić information content (AvgIpc) is 1.88. The van der Waals surface area contributed by atoms with E-state index in [1.54, 1.807) is 6.08 Å². The van der Waals surface area contributed by atoms with Gasteiger partial charge in [0, 0.05) is 17.7 Å². The van der Waals surface area contributed by atoms with Crippen molar-refractivity contribution in [1.82, 2.24) is 0 Å². The quantitative estimate of drug-likeness (QED) is 0.461. The van der Waals surface area contributed by atoms with Crippen molar-refractivity contribution in [3.05, 3.63) is 23.9 Å². The molecule has 62 valence electrons. The van der Waals surface area contributed by atoms with Crippen molar-refractivity contribution in [2.24, 2.45) is 11.5 Å². The highest BCUT2D eigenvalue weighted by molar-refractivity contribution is 5.92. The molecule has 1 amide bonds. The first-order valence-electron chi connectivity index (χ1n) is 3.51. The molecule has 0 saturated heterocycles. The molecular weight excluding hydrogens is 140 g/mol. The molecule has 0 aliphatic heterocycles. The highest BCUT2D eigenvalue weighted by atomic mass is 16.1. The SMILES string of the molecule is C=CC/C(N)=C(\CC)C(N)=O. The Hall–Kier alpha value is -1.25. The van der Waals surface area contributed by atoms with Gasteiger partial charge in [-0.25, -0.2) is 0 Å². The van der Waals surface area contributed by atoms with Gasteiger partial charge in [0.25, 0.3) is 0 Å². The third-order valence-electron chi connectivity index (χ3n) is 1.40. The molecule has 4 N–H and O–H groups in total. The molecule has 0 aromatic carbocycles. The lowest BCUT2D eigenvalue weighted by molar-refractivity contribution is -0.114. The molecule has 0 atom stereocenters. The number of allylic oxidation sites excluding steroid dienone is 1. The second kappa shape index (κ2) is 4.55. The Labute approximate surface area is 66.8 Å². The van der Waals surface area contributed by atoms with Crippen molar-refractivity contribution in [3.63, 3.8) is 0 Å². The van der Waals surface area contributed by atoms with E-state index < -0.39 is 5.91 Å². The molecule has 0 aliphatic carbocycles. The van der Waals surface area contributed by atoms with Crippen LogP contribution in [-0.4, -0.2) is 5.91 Å². The fourth-order valence-corrected chi connectivity index (χ4v) is 0.838. The van der Waals surface area contributed by atoms with Crippen LogP contribution in [0.4, 0.5) is 0 Å². The standard InChI is InChI=1S/C8H14N2O/c1-3-5-7(9)6(4-2)8(10)11/h3H,1,4-5,9H2,2H3,(H2,10,11)/b7-6-. The third-order valence-corrected chi connectivity index (χ3v) is 1.40. The summed E-state index contributed by atoms with van der Waals surface area (Å²) in [6, 6.07) is 0. The Bertz CT molecular complexity index is 194. The van der Waals surface area contributed by atoms with Gasteiger partial charge in [-0.15, -0.1) is 6.58 Å². The van der Waals surface area contributed by atoms with Crippen LogP contribution >= 0.6 is 0 Å². The maximum Gasteiger partial charge on any atom is 0.246 e. The van der Waals surface area contributed by atoms with Gasteiger partial charge in [0.15, 0.2) is 0 Å². The summed E-state index contributed by atoms with van der Waals surface area (Å²) in [5, 5.41) is 0. The Balaban J connectivity index is 4.52. The summed E-state index contributed by atoms with van der Waals surface area (Å²) in [4.78, 5) is 10.7. The molecular formula is C8H14N2O. The van der Waals surface area contributed by atoms with Gasteiger partial charge in [-0.2, -0.15) is 0 Å². The first-order valence-corrected chi connectivity index (χ1v) is 3.51. The van der Waals surface area contributed by atoms with Crippen LogP contribution in [-0.2, 0) is 4.79 Å². The van der Waals surface area contributed by atoms with E-state index in [4.69, 9.17) is 11.5 Å². The Kier molecular flexibility index (Phi) is 4.03. The van der Waals surface area contributed by atoms with E-state index in [2.05, 4.69) is 6.58 Å². The molecule has 0 heterocycles. The van der Waals surface area contributed by atoms with Crippen LogP contribution in [0.5, 0.6) is 0 Å². The second-order valence-corrected chi connectivity index (χ2v) is 2.21. The van der Waals surface area contributed by atoms with Crippen molar-refractivity contribution in [3.8, 4) is 0 Å². The smallest absolute Gasteiger partial charge is 0.246 e. The van der Waals surface area contributed by atoms with Crippen LogP contribution in [0.15, 0.2) is 23.9 Å². The van der Waals surface area contributed by atoms with Crippen molar-refractivity contribution in [1.29, 1.82) is 0 Å². The first kappa shape index (κ1) is 9.75. The Morgan fingerprint density at radius 2 is 2.09 bits per heavy atom. The van der Waals surface area contributed by atoms with Gasteiger partial charge in [0.1, 0.15) is 0 Å². The second-order valence-electron chi connectivity index (χ2n) is 2.21. The minimum absolute atomic E-state index is 0.438. The first-order chi connectivity index (χ1) is 5.13. The summed E-state index contributed by atoms with van der Waals surface area (Å²) in [5.41, 5.74) is 11.6. The molecule has 0 aromatic heterocycles. The molecule has 0 aromatic rings.